The minimum absolute atomic E-state index is 0.0737. The summed E-state index contributed by atoms with van der Waals surface area (Å²) in [6.45, 7) is 7.44. The van der Waals surface area contributed by atoms with Gasteiger partial charge in [0.05, 0.1) is 13.7 Å². The first-order chi connectivity index (χ1) is 21.2. The van der Waals surface area contributed by atoms with Crippen LogP contribution in [-0.2, 0) is 11.2 Å². The zero-order valence-electron chi connectivity index (χ0n) is 25.4. The Morgan fingerprint density at radius 1 is 0.884 bits per heavy atom. The van der Waals surface area contributed by atoms with Crippen LogP contribution in [0.2, 0.25) is 0 Å². The Morgan fingerprint density at radius 2 is 1.65 bits per heavy atom. The topological polar surface area (TPSA) is 71.0 Å². The van der Waals surface area contributed by atoms with Crippen molar-refractivity contribution >= 4 is 17.9 Å². The molecular formula is C35H45N5O3. The average Bonchev–Trinajstić information content (AvgIpc) is 3.07. The number of unbranched alkanes of at least 4 members (excludes halogenated alkanes) is 2. The van der Waals surface area contributed by atoms with E-state index in [1.165, 1.54) is 5.56 Å². The molecule has 1 amide bonds. The number of nitrogens with zero attached hydrogens (tertiary/aromatic N) is 5. The van der Waals surface area contributed by atoms with Crippen LogP contribution < -0.4 is 14.4 Å². The number of piperazine rings is 1. The number of amides is 1. The van der Waals surface area contributed by atoms with Crippen molar-refractivity contribution in [3.8, 4) is 11.5 Å². The predicted molar refractivity (Wildman–Crippen MR) is 172 cm³/mol. The van der Waals surface area contributed by atoms with E-state index in [0.717, 1.165) is 102 Å². The second-order valence-corrected chi connectivity index (χ2v) is 11.5. The van der Waals surface area contributed by atoms with Crippen molar-refractivity contribution in [2.75, 3.05) is 64.4 Å². The summed E-state index contributed by atoms with van der Waals surface area (Å²) >= 11 is 0. The van der Waals surface area contributed by atoms with E-state index in [0.29, 0.717) is 18.3 Å². The fourth-order valence-electron chi connectivity index (χ4n) is 5.91. The van der Waals surface area contributed by atoms with Crippen LogP contribution in [0, 0.1) is 5.92 Å². The second-order valence-electron chi connectivity index (χ2n) is 11.5. The van der Waals surface area contributed by atoms with Crippen LogP contribution in [0.1, 0.15) is 43.2 Å². The second kappa shape index (κ2) is 16.1. The van der Waals surface area contributed by atoms with Gasteiger partial charge in [0.15, 0.2) is 11.5 Å². The minimum atomic E-state index is 0.0737. The van der Waals surface area contributed by atoms with Gasteiger partial charge in [0, 0.05) is 57.7 Å². The third-order valence-electron chi connectivity index (χ3n) is 8.48. The smallest absolute Gasteiger partial charge is 0.246 e. The van der Waals surface area contributed by atoms with E-state index in [4.69, 9.17) is 9.47 Å². The van der Waals surface area contributed by atoms with Gasteiger partial charge in [-0.25, -0.2) is 9.97 Å². The van der Waals surface area contributed by atoms with Gasteiger partial charge >= 0.3 is 0 Å². The third-order valence-corrected chi connectivity index (χ3v) is 8.48. The van der Waals surface area contributed by atoms with Gasteiger partial charge in [-0.05, 0) is 86.4 Å². The van der Waals surface area contributed by atoms with Crippen molar-refractivity contribution in [3.63, 3.8) is 0 Å². The molecule has 0 aliphatic carbocycles. The van der Waals surface area contributed by atoms with Crippen LogP contribution >= 0.6 is 0 Å². The molecule has 0 atom stereocenters. The summed E-state index contributed by atoms with van der Waals surface area (Å²) in [7, 11) is 1.66. The fourth-order valence-corrected chi connectivity index (χ4v) is 5.91. The molecule has 1 aromatic heterocycles. The van der Waals surface area contributed by atoms with Gasteiger partial charge in [-0.2, -0.15) is 0 Å². The van der Waals surface area contributed by atoms with Gasteiger partial charge in [0.25, 0.3) is 0 Å². The summed E-state index contributed by atoms with van der Waals surface area (Å²) < 4.78 is 11.6. The third kappa shape index (κ3) is 9.29. The number of benzene rings is 2. The van der Waals surface area contributed by atoms with Crippen molar-refractivity contribution in [2.24, 2.45) is 5.92 Å². The van der Waals surface area contributed by atoms with E-state index in [1.807, 2.05) is 35.2 Å². The van der Waals surface area contributed by atoms with Gasteiger partial charge in [-0.3, -0.25) is 9.69 Å². The Labute approximate surface area is 256 Å². The molecule has 3 aromatic rings. The molecule has 8 heteroatoms. The van der Waals surface area contributed by atoms with E-state index in [-0.39, 0.29) is 5.91 Å². The maximum atomic E-state index is 12.8. The van der Waals surface area contributed by atoms with Crippen LogP contribution in [0.4, 0.5) is 5.95 Å². The molecule has 0 saturated carbocycles. The minimum Gasteiger partial charge on any atom is -0.493 e. The number of methoxy groups -OCH3 is 1. The van der Waals surface area contributed by atoms with Crippen molar-refractivity contribution < 1.29 is 14.3 Å². The number of hydrogen-bond acceptors (Lipinski definition) is 7. The van der Waals surface area contributed by atoms with Gasteiger partial charge in [0.1, 0.15) is 0 Å². The Morgan fingerprint density at radius 3 is 2.40 bits per heavy atom. The molecule has 0 bridgehead atoms. The number of hydrogen-bond donors (Lipinski definition) is 0. The summed E-state index contributed by atoms with van der Waals surface area (Å²) in [5.41, 5.74) is 2.31. The monoisotopic (exact) mass is 583 g/mol. The van der Waals surface area contributed by atoms with Crippen molar-refractivity contribution in [1.29, 1.82) is 0 Å². The van der Waals surface area contributed by atoms with Gasteiger partial charge in [-0.1, -0.05) is 36.4 Å². The number of carbonyl (C=O) groups is 1. The van der Waals surface area contributed by atoms with Crippen LogP contribution in [0.25, 0.3) is 6.08 Å². The molecule has 8 nitrogen and oxygen atoms in total. The highest BCUT2D eigenvalue weighted by Crippen LogP contribution is 2.29. The number of likely N-dealkylation sites (tertiary alicyclic amines) is 1. The molecular weight excluding hydrogens is 538 g/mol. The molecule has 2 saturated heterocycles. The van der Waals surface area contributed by atoms with Gasteiger partial charge in [0.2, 0.25) is 11.9 Å². The molecule has 0 unspecified atom stereocenters. The quantitative estimate of drug-likeness (QED) is 0.198. The largest absolute Gasteiger partial charge is 0.493 e. The summed E-state index contributed by atoms with van der Waals surface area (Å²) in [5.74, 6) is 2.98. The zero-order chi connectivity index (χ0) is 29.7. The van der Waals surface area contributed by atoms with Gasteiger partial charge < -0.3 is 19.3 Å². The molecule has 2 aromatic carbocycles. The summed E-state index contributed by atoms with van der Waals surface area (Å²) in [5, 5.41) is 0. The van der Waals surface area contributed by atoms with Crippen LogP contribution in [0.15, 0.2) is 73.1 Å². The summed E-state index contributed by atoms with van der Waals surface area (Å²) in [6, 6.07) is 18.4. The number of piperidine rings is 1. The van der Waals surface area contributed by atoms with Crippen molar-refractivity contribution in [3.05, 3.63) is 84.2 Å². The Hall–Kier alpha value is -3.91. The van der Waals surface area contributed by atoms with E-state index in [1.54, 1.807) is 25.6 Å². The number of ether oxygens (including phenoxy) is 2. The highest BCUT2D eigenvalue weighted by atomic mass is 16.5. The van der Waals surface area contributed by atoms with Crippen molar-refractivity contribution in [1.82, 2.24) is 19.8 Å². The molecule has 2 fully saturated rings. The Balaban J connectivity index is 0.975. The lowest BCUT2D eigenvalue weighted by atomic mass is 9.90. The number of anilines is 1. The van der Waals surface area contributed by atoms with Gasteiger partial charge in [-0.15, -0.1) is 0 Å². The Bertz CT molecular complexity index is 1290. The first-order valence-electron chi connectivity index (χ1n) is 15.7. The molecule has 2 aliphatic rings. The average molecular weight is 584 g/mol. The standard InChI is InChI=1S/C35H45N5O3/c1-42-33-28-30(12-14-34(41)39-20-15-31(16-21-39)27-29-9-4-2-5-10-29)11-13-32(33)43-26-7-3-6-19-38-22-24-40(25-23-38)35-36-17-8-18-37-35/h2,4-5,8-14,17-18,28,31H,3,6-7,15-16,19-27H2,1H3/b14-12+. The molecule has 3 heterocycles. The SMILES string of the molecule is COc1cc(/C=C/C(=O)N2CCC(Cc3ccccc3)CC2)ccc1OCCCCCN1CCN(c2ncccn2)CC1. The van der Waals surface area contributed by atoms with E-state index in [2.05, 4.69) is 50.1 Å². The molecule has 0 spiro atoms. The lowest BCUT2D eigenvalue weighted by Gasteiger charge is -2.34. The first-order valence-corrected chi connectivity index (χ1v) is 15.7. The lowest BCUT2D eigenvalue weighted by molar-refractivity contribution is -0.127. The maximum Gasteiger partial charge on any atom is 0.246 e. The molecule has 43 heavy (non-hydrogen) atoms. The molecule has 5 rings (SSSR count). The van der Waals surface area contributed by atoms with E-state index < -0.39 is 0 Å². The highest BCUT2D eigenvalue weighted by molar-refractivity contribution is 5.92. The molecule has 228 valence electrons. The zero-order valence-corrected chi connectivity index (χ0v) is 25.4. The van der Waals surface area contributed by atoms with Crippen LogP contribution in [0.5, 0.6) is 11.5 Å². The Kier molecular flexibility index (Phi) is 11.4. The lowest BCUT2D eigenvalue weighted by Crippen LogP contribution is -2.47. The van der Waals surface area contributed by atoms with Crippen molar-refractivity contribution in [2.45, 2.75) is 38.5 Å². The first kappa shape index (κ1) is 30.5. The number of carbonyl (C=O) groups excluding carboxylic acids is 1. The van der Waals surface area contributed by atoms with E-state index in [9.17, 15) is 4.79 Å². The number of rotatable bonds is 13. The highest BCUT2D eigenvalue weighted by Gasteiger charge is 2.22. The molecule has 2 aliphatic heterocycles. The summed E-state index contributed by atoms with van der Waals surface area (Å²) in [4.78, 5) is 28.3. The van der Waals surface area contributed by atoms with E-state index >= 15 is 0 Å². The molecule has 0 radical (unpaired) electrons. The van der Waals surface area contributed by atoms with Crippen LogP contribution in [0.3, 0.4) is 0 Å². The van der Waals surface area contributed by atoms with Crippen LogP contribution in [-0.4, -0.2) is 85.2 Å². The normalized spacial score (nSPS) is 16.5. The fraction of sp³-hybridized carbons (Fsp3) is 0.457. The maximum absolute atomic E-state index is 12.8. The number of aromatic nitrogens is 2. The molecule has 0 N–H and O–H groups in total. The predicted octanol–water partition coefficient (Wildman–Crippen LogP) is 5.35. The summed E-state index contributed by atoms with van der Waals surface area (Å²) in [6.07, 6.45) is 13.6.